The third-order valence-corrected chi connectivity index (χ3v) is 4.73. The number of nitrogens with two attached hydrogens (primary N) is 3. The number of carbonyl (C=O) groups is 1. The van der Waals surface area contributed by atoms with E-state index in [0.717, 1.165) is 25.7 Å². The van der Waals surface area contributed by atoms with E-state index < -0.39 is 15.9 Å². The predicted octanol–water partition coefficient (Wildman–Crippen LogP) is -0.196. The number of unbranched alkanes of at least 4 members (excludes halogenated alkanes) is 3. The van der Waals surface area contributed by atoms with Gasteiger partial charge in [0.2, 0.25) is 10.0 Å². The first kappa shape index (κ1) is 24.8. The van der Waals surface area contributed by atoms with Gasteiger partial charge >= 0.3 is 0 Å². The first-order chi connectivity index (χ1) is 13.6. The number of ether oxygens (including phenoxy) is 1. The Hall–Kier alpha value is -2.22. The Morgan fingerprint density at radius 1 is 1.07 bits per heavy atom. The minimum atomic E-state index is -3.42. The molecule has 0 aliphatic rings. The van der Waals surface area contributed by atoms with Crippen molar-refractivity contribution in [2.24, 2.45) is 5.14 Å². The summed E-state index contributed by atoms with van der Waals surface area (Å²) in [4.78, 5) is 19.5. The molecule has 0 aromatic carbocycles. The zero-order chi connectivity index (χ0) is 21.9. The van der Waals surface area contributed by atoms with E-state index in [2.05, 4.69) is 20.6 Å². The van der Waals surface area contributed by atoms with E-state index in [4.69, 9.17) is 38.4 Å². The summed E-state index contributed by atoms with van der Waals surface area (Å²) in [6.07, 6.45) is 3.85. The summed E-state index contributed by atoms with van der Waals surface area (Å²) >= 11 is 5.72. The van der Waals surface area contributed by atoms with E-state index in [1.165, 1.54) is 0 Å². The third-order valence-electron chi connectivity index (χ3n) is 3.59. The number of guanidine groups is 1. The van der Waals surface area contributed by atoms with E-state index in [1.807, 2.05) is 0 Å². The highest BCUT2D eigenvalue weighted by Crippen LogP contribution is 2.17. The molecule has 0 saturated carbocycles. The van der Waals surface area contributed by atoms with Crippen molar-refractivity contribution in [2.45, 2.75) is 32.1 Å². The molecule has 1 aromatic rings. The fourth-order valence-electron chi connectivity index (χ4n) is 2.19. The lowest BCUT2D eigenvalue weighted by Crippen LogP contribution is -2.41. The number of hydrogen-bond acceptors (Lipinski definition) is 9. The fourth-order valence-corrected chi connectivity index (χ4v) is 2.83. The van der Waals surface area contributed by atoms with Gasteiger partial charge in [-0.1, -0.05) is 24.4 Å². The smallest absolute Gasteiger partial charge is 0.280 e. The zero-order valence-corrected chi connectivity index (χ0v) is 17.5. The normalized spacial score (nSPS) is 11.2. The van der Waals surface area contributed by atoms with E-state index >= 15 is 0 Å². The SMILES string of the molecule is N=C(NCCCCCCOCCCS(N)(=O)=O)NC(=O)c1nc(Cl)c(N)nc1N. The van der Waals surface area contributed by atoms with Crippen LogP contribution in [0.15, 0.2) is 0 Å². The van der Waals surface area contributed by atoms with E-state index in [-0.39, 0.29) is 34.2 Å². The second-order valence-corrected chi connectivity index (χ2v) is 8.23. The molecule has 12 nitrogen and oxygen atoms in total. The van der Waals surface area contributed by atoms with E-state index in [9.17, 15) is 13.2 Å². The summed E-state index contributed by atoms with van der Waals surface area (Å²) in [5, 5.41) is 17.5. The van der Waals surface area contributed by atoms with Gasteiger partial charge in [-0.3, -0.25) is 15.5 Å². The van der Waals surface area contributed by atoms with Crippen molar-refractivity contribution < 1.29 is 17.9 Å². The van der Waals surface area contributed by atoms with Crippen LogP contribution in [-0.4, -0.2) is 55.8 Å². The topological polar surface area (TPSA) is 212 Å². The molecule has 0 bridgehead atoms. The lowest BCUT2D eigenvalue weighted by atomic mass is 10.2. The number of nitrogens with zero attached hydrogens (tertiary/aromatic N) is 2. The number of amides is 1. The zero-order valence-electron chi connectivity index (χ0n) is 15.9. The van der Waals surface area contributed by atoms with Crippen molar-refractivity contribution in [3.8, 4) is 0 Å². The molecule has 0 unspecified atom stereocenters. The maximum Gasteiger partial charge on any atom is 0.280 e. The van der Waals surface area contributed by atoms with Crippen molar-refractivity contribution >= 4 is 45.1 Å². The number of nitrogens with one attached hydrogen (secondary N) is 3. The van der Waals surface area contributed by atoms with Gasteiger partial charge in [-0.15, -0.1) is 0 Å². The number of primary sulfonamides is 1. The Morgan fingerprint density at radius 3 is 2.41 bits per heavy atom. The quantitative estimate of drug-likeness (QED) is 0.141. The van der Waals surface area contributed by atoms with Crippen molar-refractivity contribution in [1.29, 1.82) is 5.41 Å². The average Bonchev–Trinajstić information content (AvgIpc) is 2.61. The van der Waals surface area contributed by atoms with Crippen LogP contribution < -0.4 is 27.2 Å². The second kappa shape index (κ2) is 12.4. The number of carbonyl (C=O) groups excluding carboxylic acids is 1. The van der Waals surface area contributed by atoms with Gasteiger partial charge in [0.05, 0.1) is 5.75 Å². The Bertz CT molecular complexity index is 806. The number of sulfonamides is 1. The van der Waals surface area contributed by atoms with Crippen LogP contribution >= 0.6 is 11.6 Å². The highest BCUT2D eigenvalue weighted by Gasteiger charge is 2.16. The number of anilines is 2. The highest BCUT2D eigenvalue weighted by molar-refractivity contribution is 7.89. The van der Waals surface area contributed by atoms with Crippen LogP contribution in [-0.2, 0) is 14.8 Å². The first-order valence-electron chi connectivity index (χ1n) is 8.90. The molecule has 0 radical (unpaired) electrons. The van der Waals surface area contributed by atoms with Crippen LogP contribution in [0.25, 0.3) is 0 Å². The maximum absolute atomic E-state index is 12.0. The average molecular weight is 451 g/mol. The van der Waals surface area contributed by atoms with Crippen molar-refractivity contribution in [3.05, 3.63) is 10.8 Å². The van der Waals surface area contributed by atoms with Crippen molar-refractivity contribution in [1.82, 2.24) is 20.6 Å². The molecule has 0 atom stereocenters. The first-order valence-corrected chi connectivity index (χ1v) is 11.0. The molecule has 1 amide bonds. The monoisotopic (exact) mass is 450 g/mol. The number of rotatable bonds is 12. The standard InChI is InChI=1S/C15H27ClN8O4S/c16-11-13(18)23-12(17)10(22-11)14(25)24-15(19)21-6-3-1-2-4-7-28-8-5-9-29(20,26)27/h1-9H2,(H4,17,18,23)(H2,20,26,27)(H3,19,21,24,25). The Morgan fingerprint density at radius 2 is 1.72 bits per heavy atom. The molecular weight excluding hydrogens is 424 g/mol. The predicted molar refractivity (Wildman–Crippen MR) is 111 cm³/mol. The number of halogens is 1. The van der Waals surface area contributed by atoms with Crippen LogP contribution in [0.4, 0.5) is 11.6 Å². The summed E-state index contributed by atoms with van der Waals surface area (Å²) in [6.45, 7) is 1.41. The molecule has 0 fully saturated rings. The molecule has 29 heavy (non-hydrogen) atoms. The molecular formula is C15H27ClN8O4S. The van der Waals surface area contributed by atoms with Gasteiger partial charge < -0.3 is 21.5 Å². The molecule has 1 aromatic heterocycles. The van der Waals surface area contributed by atoms with E-state index in [0.29, 0.717) is 26.2 Å². The molecule has 0 aliphatic heterocycles. The van der Waals surface area contributed by atoms with Gasteiger partial charge in [-0.25, -0.2) is 23.5 Å². The minimum absolute atomic E-state index is 0.0777. The van der Waals surface area contributed by atoms with Gasteiger partial charge in [0.1, 0.15) is 0 Å². The molecule has 0 spiro atoms. The van der Waals surface area contributed by atoms with E-state index in [1.54, 1.807) is 0 Å². The lowest BCUT2D eigenvalue weighted by Gasteiger charge is -2.10. The summed E-state index contributed by atoms with van der Waals surface area (Å²) in [7, 11) is -3.42. The Balaban J connectivity index is 2.10. The van der Waals surface area contributed by atoms with Crippen molar-refractivity contribution in [2.75, 3.05) is 37.0 Å². The van der Waals surface area contributed by atoms with Crippen molar-refractivity contribution in [3.63, 3.8) is 0 Å². The molecule has 14 heteroatoms. The molecule has 9 N–H and O–H groups in total. The molecule has 1 heterocycles. The van der Waals surface area contributed by atoms with Crippen LogP contribution in [0.3, 0.4) is 0 Å². The van der Waals surface area contributed by atoms with Crippen LogP contribution in [0.2, 0.25) is 5.15 Å². The summed E-state index contributed by atoms with van der Waals surface area (Å²) in [5.41, 5.74) is 10.8. The van der Waals surface area contributed by atoms with Crippen LogP contribution in [0.5, 0.6) is 0 Å². The number of aromatic nitrogens is 2. The molecule has 164 valence electrons. The summed E-state index contributed by atoms with van der Waals surface area (Å²) in [5.74, 6) is -1.24. The fraction of sp³-hybridized carbons (Fsp3) is 0.600. The van der Waals surface area contributed by atoms with Gasteiger partial charge in [-0.05, 0) is 19.3 Å². The van der Waals surface area contributed by atoms with Gasteiger partial charge in [-0.2, -0.15) is 0 Å². The highest BCUT2D eigenvalue weighted by atomic mass is 35.5. The lowest BCUT2D eigenvalue weighted by molar-refractivity contribution is 0.0971. The van der Waals surface area contributed by atoms with Crippen LogP contribution in [0, 0.1) is 5.41 Å². The molecule has 0 saturated heterocycles. The second-order valence-electron chi connectivity index (χ2n) is 6.14. The molecule has 0 aliphatic carbocycles. The van der Waals surface area contributed by atoms with Gasteiger partial charge in [0.15, 0.2) is 28.4 Å². The van der Waals surface area contributed by atoms with Crippen LogP contribution in [0.1, 0.15) is 42.6 Å². The maximum atomic E-state index is 12.0. The largest absolute Gasteiger partial charge is 0.382 e. The third kappa shape index (κ3) is 10.8. The summed E-state index contributed by atoms with van der Waals surface area (Å²) < 4.78 is 26.8. The number of nitrogen functional groups attached to an aromatic ring is 2. The Labute approximate surface area is 174 Å². The van der Waals surface area contributed by atoms with Gasteiger partial charge in [0, 0.05) is 19.8 Å². The minimum Gasteiger partial charge on any atom is -0.382 e. The number of hydrogen-bond donors (Lipinski definition) is 6. The van der Waals surface area contributed by atoms with Gasteiger partial charge in [0.25, 0.3) is 5.91 Å². The molecule has 1 rings (SSSR count). The summed E-state index contributed by atoms with van der Waals surface area (Å²) in [6, 6.07) is 0. The Kier molecular flexibility index (Phi) is 10.6.